The van der Waals surface area contributed by atoms with E-state index in [1.165, 1.54) is 12.8 Å². The van der Waals surface area contributed by atoms with Crippen LogP contribution in [0, 0.1) is 5.92 Å². The van der Waals surface area contributed by atoms with Crippen molar-refractivity contribution in [2.45, 2.75) is 39.2 Å². The fourth-order valence-corrected chi connectivity index (χ4v) is 2.63. The van der Waals surface area contributed by atoms with Gasteiger partial charge >= 0.3 is 0 Å². The van der Waals surface area contributed by atoms with E-state index >= 15 is 0 Å². The first-order chi connectivity index (χ1) is 8.54. The molecule has 1 aliphatic carbocycles. The lowest BCUT2D eigenvalue weighted by Crippen LogP contribution is -2.40. The van der Waals surface area contributed by atoms with Crippen molar-refractivity contribution >= 4 is 0 Å². The van der Waals surface area contributed by atoms with Gasteiger partial charge in [0.05, 0.1) is 0 Å². The zero-order valence-corrected chi connectivity index (χ0v) is 11.9. The van der Waals surface area contributed by atoms with Crippen molar-refractivity contribution in [3.8, 4) is 0 Å². The van der Waals surface area contributed by atoms with Gasteiger partial charge in [0.2, 0.25) is 0 Å². The predicted molar refractivity (Wildman–Crippen MR) is 78.0 cm³/mol. The summed E-state index contributed by atoms with van der Waals surface area (Å²) >= 11 is 0. The third-order valence-electron chi connectivity index (χ3n) is 3.53. The van der Waals surface area contributed by atoms with Crippen LogP contribution in [0.15, 0.2) is 24.3 Å². The highest BCUT2D eigenvalue weighted by molar-refractivity contribution is 5.32. The molecule has 0 spiro atoms. The van der Waals surface area contributed by atoms with E-state index in [1.54, 1.807) is 11.1 Å². The Hall–Kier alpha value is -0.860. The molecule has 0 fully saturated rings. The van der Waals surface area contributed by atoms with Crippen molar-refractivity contribution in [3.05, 3.63) is 35.4 Å². The first kappa shape index (κ1) is 13.6. The van der Waals surface area contributed by atoms with Crippen LogP contribution in [0.4, 0.5) is 0 Å². The van der Waals surface area contributed by atoms with E-state index in [2.05, 4.69) is 55.7 Å². The van der Waals surface area contributed by atoms with Gasteiger partial charge in [0, 0.05) is 18.6 Å². The minimum absolute atomic E-state index is 0.227. The summed E-state index contributed by atoms with van der Waals surface area (Å²) in [5.41, 5.74) is 3.33. The summed E-state index contributed by atoms with van der Waals surface area (Å²) in [6.07, 6.45) is 2.49. The second-order valence-corrected chi connectivity index (χ2v) is 6.42. The Balaban J connectivity index is 1.63. The number of hydrogen-bond donors (Lipinski definition) is 2. The van der Waals surface area contributed by atoms with Crippen LogP contribution >= 0.6 is 0 Å². The molecule has 1 aromatic rings. The molecular weight excluding hydrogens is 220 g/mol. The highest BCUT2D eigenvalue weighted by Gasteiger charge is 2.20. The highest BCUT2D eigenvalue weighted by atomic mass is 15.0. The van der Waals surface area contributed by atoms with Crippen molar-refractivity contribution in [3.63, 3.8) is 0 Å². The highest BCUT2D eigenvalue weighted by Crippen LogP contribution is 2.25. The molecule has 0 amide bonds. The Morgan fingerprint density at radius 3 is 2.22 bits per heavy atom. The number of benzene rings is 1. The molecule has 0 atom stereocenters. The van der Waals surface area contributed by atoms with Crippen molar-refractivity contribution in [1.29, 1.82) is 0 Å². The van der Waals surface area contributed by atoms with Gasteiger partial charge in [-0.2, -0.15) is 0 Å². The normalized spacial score (nSPS) is 15.9. The van der Waals surface area contributed by atoms with Gasteiger partial charge in [-0.25, -0.2) is 0 Å². The van der Waals surface area contributed by atoms with Gasteiger partial charge in [-0.3, -0.25) is 0 Å². The topological polar surface area (TPSA) is 24.1 Å². The number of hydrogen-bond acceptors (Lipinski definition) is 2. The Morgan fingerprint density at radius 1 is 1.06 bits per heavy atom. The molecule has 0 saturated heterocycles. The summed E-state index contributed by atoms with van der Waals surface area (Å²) in [7, 11) is 0. The van der Waals surface area contributed by atoms with E-state index in [0.717, 1.165) is 25.6 Å². The molecule has 18 heavy (non-hydrogen) atoms. The maximum Gasteiger partial charge on any atom is 0.00970 e. The first-order valence-corrected chi connectivity index (χ1v) is 7.07. The molecule has 0 heterocycles. The van der Waals surface area contributed by atoms with Crippen molar-refractivity contribution in [1.82, 2.24) is 10.6 Å². The van der Waals surface area contributed by atoms with E-state index in [9.17, 15) is 0 Å². The smallest absolute Gasteiger partial charge is 0.00970 e. The second kappa shape index (κ2) is 5.85. The fourth-order valence-electron chi connectivity index (χ4n) is 2.63. The van der Waals surface area contributed by atoms with E-state index in [1.807, 2.05) is 0 Å². The number of nitrogens with one attached hydrogen (secondary N) is 2. The number of fused-ring (bicyclic) bond motifs is 1. The van der Waals surface area contributed by atoms with Gasteiger partial charge in [0.1, 0.15) is 0 Å². The van der Waals surface area contributed by atoms with E-state index in [-0.39, 0.29) is 5.54 Å². The molecule has 0 saturated carbocycles. The molecule has 0 unspecified atom stereocenters. The third kappa shape index (κ3) is 4.11. The molecule has 2 heteroatoms. The molecule has 2 rings (SSSR count). The summed E-state index contributed by atoms with van der Waals surface area (Å²) in [6.45, 7) is 9.87. The quantitative estimate of drug-likeness (QED) is 0.780. The largest absolute Gasteiger partial charge is 0.315 e. The summed E-state index contributed by atoms with van der Waals surface area (Å²) in [4.78, 5) is 0. The Labute approximate surface area is 111 Å². The Morgan fingerprint density at radius 2 is 1.67 bits per heavy atom. The predicted octanol–water partition coefficient (Wildman–Crippen LogP) is 2.38. The second-order valence-electron chi connectivity index (χ2n) is 6.42. The van der Waals surface area contributed by atoms with Crippen molar-refractivity contribution < 1.29 is 0 Å². The lowest BCUT2D eigenvalue weighted by atomic mass is 10.1. The molecule has 2 nitrogen and oxygen atoms in total. The van der Waals surface area contributed by atoms with Crippen LogP contribution < -0.4 is 10.6 Å². The van der Waals surface area contributed by atoms with Crippen molar-refractivity contribution in [2.24, 2.45) is 5.92 Å². The van der Waals surface area contributed by atoms with Gasteiger partial charge in [-0.15, -0.1) is 0 Å². The fraction of sp³-hybridized carbons (Fsp3) is 0.625. The minimum Gasteiger partial charge on any atom is -0.315 e. The Bertz CT molecular complexity index is 354. The van der Waals surface area contributed by atoms with Crippen LogP contribution in [0.5, 0.6) is 0 Å². The van der Waals surface area contributed by atoms with Gasteiger partial charge < -0.3 is 10.6 Å². The molecule has 0 aromatic heterocycles. The molecule has 2 N–H and O–H groups in total. The monoisotopic (exact) mass is 246 g/mol. The maximum absolute atomic E-state index is 3.57. The summed E-state index contributed by atoms with van der Waals surface area (Å²) < 4.78 is 0. The molecule has 0 bridgehead atoms. The van der Waals surface area contributed by atoms with E-state index in [0.29, 0.717) is 0 Å². The van der Waals surface area contributed by atoms with Gasteiger partial charge in [0.15, 0.2) is 0 Å². The summed E-state index contributed by atoms with van der Waals surface area (Å²) in [5.74, 6) is 0.789. The van der Waals surface area contributed by atoms with Crippen LogP contribution in [0.25, 0.3) is 0 Å². The molecule has 0 aliphatic heterocycles. The number of rotatable bonds is 5. The molecular formula is C16H26N2. The summed E-state index contributed by atoms with van der Waals surface area (Å²) in [6, 6.07) is 8.86. The Kier molecular flexibility index (Phi) is 4.41. The van der Waals surface area contributed by atoms with Crippen LogP contribution in [0.1, 0.15) is 31.9 Å². The van der Waals surface area contributed by atoms with Crippen LogP contribution in [-0.2, 0) is 12.8 Å². The zero-order chi connectivity index (χ0) is 13.0. The molecule has 1 aromatic carbocycles. The maximum atomic E-state index is 3.57. The van der Waals surface area contributed by atoms with Crippen LogP contribution in [-0.4, -0.2) is 25.2 Å². The zero-order valence-electron chi connectivity index (χ0n) is 11.9. The lowest BCUT2D eigenvalue weighted by Gasteiger charge is -2.21. The SMILES string of the molecule is CC(C)(C)NCCNCC1Cc2ccccc2C1. The van der Waals surface area contributed by atoms with Gasteiger partial charge in [-0.1, -0.05) is 24.3 Å². The van der Waals surface area contributed by atoms with E-state index in [4.69, 9.17) is 0 Å². The molecule has 0 radical (unpaired) electrons. The van der Waals surface area contributed by atoms with Gasteiger partial charge in [-0.05, 0) is 57.2 Å². The summed E-state index contributed by atoms with van der Waals surface area (Å²) in [5, 5.41) is 7.07. The van der Waals surface area contributed by atoms with Gasteiger partial charge in [0.25, 0.3) is 0 Å². The van der Waals surface area contributed by atoms with Crippen LogP contribution in [0.3, 0.4) is 0 Å². The minimum atomic E-state index is 0.227. The van der Waals surface area contributed by atoms with E-state index < -0.39 is 0 Å². The average molecular weight is 246 g/mol. The van der Waals surface area contributed by atoms with Crippen molar-refractivity contribution in [2.75, 3.05) is 19.6 Å². The first-order valence-electron chi connectivity index (χ1n) is 7.07. The third-order valence-corrected chi connectivity index (χ3v) is 3.53. The average Bonchev–Trinajstić information content (AvgIpc) is 2.69. The molecule has 1 aliphatic rings. The molecule has 100 valence electrons. The van der Waals surface area contributed by atoms with Crippen LogP contribution in [0.2, 0.25) is 0 Å². The standard InChI is InChI=1S/C16H26N2/c1-16(2,3)18-9-8-17-12-13-10-14-6-4-5-7-15(14)11-13/h4-7,13,17-18H,8-12H2,1-3H3. The lowest BCUT2D eigenvalue weighted by molar-refractivity contribution is 0.412.